The Morgan fingerprint density at radius 2 is 1.15 bits per heavy atom. The third kappa shape index (κ3) is 2.96. The average Bonchev–Trinajstić information content (AvgIpc) is 3.04. The van der Waals surface area contributed by atoms with Crippen LogP contribution in [0.2, 0.25) is 0 Å². The summed E-state index contributed by atoms with van der Waals surface area (Å²) in [6, 6.07) is 21.8. The minimum absolute atomic E-state index is 0.363. The van der Waals surface area contributed by atoms with Gasteiger partial charge in [-0.25, -0.2) is 0 Å². The number of benzene rings is 2. The summed E-state index contributed by atoms with van der Waals surface area (Å²) in [5.41, 5.74) is 0.532. The third-order valence-corrected chi connectivity index (χ3v) is 6.41. The molecule has 1 aliphatic carbocycles. The van der Waals surface area contributed by atoms with Crippen molar-refractivity contribution in [3.05, 3.63) is 92.3 Å². The average molecular weight is 277 g/mol. The molecule has 1 atom stereocenters. The molecule has 2 aromatic rings. The van der Waals surface area contributed by atoms with Gasteiger partial charge in [-0.1, -0.05) is 67.6 Å². The van der Waals surface area contributed by atoms with Gasteiger partial charge in [0.1, 0.15) is 0 Å². The molecule has 0 heterocycles. The molecule has 0 nitrogen and oxygen atoms in total. The molecule has 0 amide bonds. The van der Waals surface area contributed by atoms with Gasteiger partial charge >= 0.3 is 0 Å². The van der Waals surface area contributed by atoms with Gasteiger partial charge in [0.2, 0.25) is 0 Å². The molecule has 99 valence electrons. The first kappa shape index (κ1) is 13.8. The summed E-state index contributed by atoms with van der Waals surface area (Å²) < 4.78 is 0. The van der Waals surface area contributed by atoms with E-state index in [1.807, 2.05) is 0 Å². The molecule has 0 saturated heterocycles. The highest BCUT2D eigenvalue weighted by molar-refractivity contribution is 7.73. The fourth-order valence-electron chi connectivity index (χ4n) is 2.59. The molecule has 0 N–H and O–H groups in total. The van der Waals surface area contributed by atoms with Crippen LogP contribution in [-0.2, 0) is 0 Å². The van der Waals surface area contributed by atoms with Crippen LogP contribution in [0.5, 0.6) is 0 Å². The Morgan fingerprint density at radius 3 is 1.60 bits per heavy atom. The van der Waals surface area contributed by atoms with Crippen LogP contribution in [0.1, 0.15) is 6.92 Å². The van der Waals surface area contributed by atoms with Gasteiger partial charge < -0.3 is 0 Å². The van der Waals surface area contributed by atoms with Crippen LogP contribution >= 0.6 is 7.92 Å². The van der Waals surface area contributed by atoms with E-state index in [1.54, 1.807) is 0 Å². The van der Waals surface area contributed by atoms with Crippen molar-refractivity contribution in [2.24, 2.45) is 0 Å². The van der Waals surface area contributed by atoms with Gasteiger partial charge in [-0.15, -0.1) is 0 Å². The van der Waals surface area contributed by atoms with E-state index in [-0.39, 0.29) is 7.92 Å². The summed E-state index contributed by atoms with van der Waals surface area (Å²) in [6.45, 7) is 2.35. The number of hydrogen-bond acceptors (Lipinski definition) is 0. The molecule has 3 rings (SSSR count). The van der Waals surface area contributed by atoms with E-state index in [4.69, 9.17) is 0 Å². The minimum atomic E-state index is -0.363. The zero-order chi connectivity index (χ0) is 13.8. The van der Waals surface area contributed by atoms with Crippen molar-refractivity contribution in [1.82, 2.24) is 0 Å². The number of hydrogen-bond donors (Lipinski definition) is 0. The zero-order valence-corrected chi connectivity index (χ0v) is 12.5. The lowest BCUT2D eigenvalue weighted by molar-refractivity contribution is 1.02. The van der Waals surface area contributed by atoms with Crippen LogP contribution in [0.25, 0.3) is 0 Å². The summed E-state index contributed by atoms with van der Waals surface area (Å²) in [5, 5.41) is 2.89. The first-order valence-electron chi connectivity index (χ1n) is 6.97. The predicted octanol–water partition coefficient (Wildman–Crippen LogP) is 3.91. The van der Waals surface area contributed by atoms with Crippen molar-refractivity contribution in [2.75, 3.05) is 0 Å². The largest absolute Gasteiger partial charge is 0.0622 e. The summed E-state index contributed by atoms with van der Waals surface area (Å²) in [6.07, 6.45) is 8.75. The van der Waals surface area contributed by atoms with Gasteiger partial charge in [-0.2, -0.15) is 0 Å². The van der Waals surface area contributed by atoms with E-state index >= 15 is 0 Å². The van der Waals surface area contributed by atoms with Crippen LogP contribution in [0.15, 0.2) is 60.7 Å². The summed E-state index contributed by atoms with van der Waals surface area (Å²) >= 11 is 0. The van der Waals surface area contributed by atoms with Crippen LogP contribution in [0, 0.1) is 31.6 Å². The molecule has 1 fully saturated rings. The maximum atomic E-state index is 2.35. The van der Waals surface area contributed by atoms with Gasteiger partial charge in [-0.3, -0.25) is 0 Å². The fourth-order valence-corrected chi connectivity index (χ4v) is 5.24. The Bertz CT molecular complexity index is 474. The maximum Gasteiger partial charge on any atom is -0.00891 e. The molecule has 1 heteroatoms. The molecule has 1 aliphatic rings. The van der Waals surface area contributed by atoms with Crippen LogP contribution in [0.4, 0.5) is 0 Å². The van der Waals surface area contributed by atoms with Gasteiger partial charge in [0.05, 0.1) is 0 Å². The van der Waals surface area contributed by atoms with E-state index in [9.17, 15) is 0 Å². The van der Waals surface area contributed by atoms with Crippen molar-refractivity contribution < 1.29 is 0 Å². The molecule has 2 aromatic carbocycles. The molecule has 5 radical (unpaired) electrons. The monoisotopic (exact) mass is 277 g/mol. The fraction of sp³-hybridized carbons (Fsp3) is 0.105. The highest BCUT2D eigenvalue weighted by Gasteiger charge is 2.30. The first-order valence-corrected chi connectivity index (χ1v) is 8.38. The van der Waals surface area contributed by atoms with Crippen molar-refractivity contribution in [2.45, 2.75) is 12.6 Å². The van der Waals surface area contributed by atoms with Crippen molar-refractivity contribution >= 4 is 18.5 Å². The summed E-state index contributed by atoms with van der Waals surface area (Å²) in [7, 11) is -0.363. The maximum absolute atomic E-state index is 2.35. The topological polar surface area (TPSA) is 0 Å². The Hall–Kier alpha value is -1.13. The normalized spacial score (nSPS) is 17.5. The van der Waals surface area contributed by atoms with Crippen LogP contribution in [-0.4, -0.2) is 5.66 Å². The highest BCUT2D eigenvalue weighted by atomic mass is 31.1. The second-order valence-corrected chi connectivity index (χ2v) is 7.48. The second kappa shape index (κ2) is 6.55. The van der Waals surface area contributed by atoms with Gasteiger partial charge in [0.15, 0.2) is 0 Å². The molecule has 1 unspecified atom stereocenters. The Balaban J connectivity index is 1.95. The van der Waals surface area contributed by atoms with E-state index < -0.39 is 0 Å². The van der Waals surface area contributed by atoms with E-state index in [1.165, 1.54) is 16.5 Å². The number of rotatable bonds is 4. The van der Waals surface area contributed by atoms with Crippen LogP contribution in [0.3, 0.4) is 0 Å². The predicted molar refractivity (Wildman–Crippen MR) is 89.0 cm³/mol. The van der Waals surface area contributed by atoms with E-state index in [0.29, 0.717) is 5.66 Å². The SMILES string of the molecule is CC([C]1[CH][CH][CH][CH]1)P(c1ccccc1)c1ccccc1. The lowest BCUT2D eigenvalue weighted by atomic mass is 10.1. The molecule has 0 aliphatic heterocycles. The Morgan fingerprint density at radius 1 is 0.700 bits per heavy atom. The molecule has 20 heavy (non-hydrogen) atoms. The van der Waals surface area contributed by atoms with Gasteiger partial charge in [0, 0.05) is 0 Å². The quantitative estimate of drug-likeness (QED) is 0.743. The zero-order valence-electron chi connectivity index (χ0n) is 11.6. The molecule has 0 aromatic heterocycles. The Kier molecular flexibility index (Phi) is 4.53. The smallest absolute Gasteiger partial charge is 0.00891 e. The third-order valence-electron chi connectivity index (χ3n) is 3.63. The molecular formula is C19H18P. The van der Waals surface area contributed by atoms with E-state index in [2.05, 4.69) is 93.3 Å². The second-order valence-electron chi connectivity index (χ2n) is 4.94. The van der Waals surface area contributed by atoms with E-state index in [0.717, 1.165) is 0 Å². The molecular weight excluding hydrogens is 259 g/mol. The lowest BCUT2D eigenvalue weighted by Gasteiger charge is -2.29. The van der Waals surface area contributed by atoms with Gasteiger partial charge in [-0.05, 0) is 55.8 Å². The first-order chi connectivity index (χ1) is 9.86. The molecule has 1 saturated carbocycles. The summed E-state index contributed by atoms with van der Waals surface area (Å²) in [5.74, 6) is 1.43. The lowest BCUT2D eigenvalue weighted by Crippen LogP contribution is -2.24. The minimum Gasteiger partial charge on any atom is -0.0622 e. The van der Waals surface area contributed by atoms with Crippen molar-refractivity contribution in [3.8, 4) is 0 Å². The van der Waals surface area contributed by atoms with Crippen LogP contribution < -0.4 is 10.6 Å². The van der Waals surface area contributed by atoms with Crippen molar-refractivity contribution in [3.63, 3.8) is 0 Å². The standard InChI is InChI=1S/C19H18P/c1-16(17-10-8-9-11-17)20(18-12-4-2-5-13-18)19-14-6-3-7-15-19/h2-16H,1H3. The highest BCUT2D eigenvalue weighted by Crippen LogP contribution is 2.47. The van der Waals surface area contributed by atoms with Gasteiger partial charge in [0.25, 0.3) is 0 Å². The Labute approximate surface area is 124 Å². The molecule has 0 spiro atoms. The summed E-state index contributed by atoms with van der Waals surface area (Å²) in [4.78, 5) is 0. The van der Waals surface area contributed by atoms with Crippen molar-refractivity contribution in [1.29, 1.82) is 0 Å². The molecule has 0 bridgehead atoms.